The number of aliphatic hydroxyl groups excluding tert-OH is 1. The molecule has 112 valence electrons. The SMILES string of the molecule is CCCNc1ncnc(NC(C)C(C)CO)c1[N+](=O)[O-]. The lowest BCUT2D eigenvalue weighted by atomic mass is 10.1. The summed E-state index contributed by atoms with van der Waals surface area (Å²) in [5, 5.41) is 26.2. The molecule has 0 saturated heterocycles. The largest absolute Gasteiger partial charge is 0.396 e. The minimum absolute atomic E-state index is 0.00596. The van der Waals surface area contributed by atoms with E-state index in [1.54, 1.807) is 0 Å². The van der Waals surface area contributed by atoms with Crippen LogP contribution in [0, 0.1) is 16.0 Å². The van der Waals surface area contributed by atoms with Crippen molar-refractivity contribution in [2.75, 3.05) is 23.8 Å². The maximum absolute atomic E-state index is 11.2. The number of nitro groups is 1. The van der Waals surface area contributed by atoms with Crippen molar-refractivity contribution in [1.82, 2.24) is 9.97 Å². The van der Waals surface area contributed by atoms with Gasteiger partial charge in [-0.15, -0.1) is 0 Å². The van der Waals surface area contributed by atoms with Gasteiger partial charge in [-0.1, -0.05) is 13.8 Å². The molecule has 0 saturated carbocycles. The molecule has 2 atom stereocenters. The molecule has 0 aliphatic rings. The molecule has 2 unspecified atom stereocenters. The van der Waals surface area contributed by atoms with Gasteiger partial charge >= 0.3 is 5.69 Å². The molecule has 1 rings (SSSR count). The number of nitrogens with one attached hydrogen (secondary N) is 2. The Balaban J connectivity index is 3.03. The van der Waals surface area contributed by atoms with Crippen molar-refractivity contribution in [3.8, 4) is 0 Å². The van der Waals surface area contributed by atoms with Gasteiger partial charge in [0.1, 0.15) is 6.33 Å². The van der Waals surface area contributed by atoms with Gasteiger partial charge in [0, 0.05) is 19.2 Å². The van der Waals surface area contributed by atoms with E-state index >= 15 is 0 Å². The molecule has 0 radical (unpaired) electrons. The van der Waals surface area contributed by atoms with E-state index in [2.05, 4.69) is 20.6 Å². The number of hydrogen-bond donors (Lipinski definition) is 3. The Bertz CT molecular complexity index is 455. The molecule has 0 spiro atoms. The highest BCUT2D eigenvalue weighted by molar-refractivity contribution is 5.69. The highest BCUT2D eigenvalue weighted by atomic mass is 16.6. The lowest BCUT2D eigenvalue weighted by Crippen LogP contribution is -2.27. The molecular formula is C12H21N5O3. The number of aromatic nitrogens is 2. The number of rotatable bonds is 8. The summed E-state index contributed by atoms with van der Waals surface area (Å²) in [7, 11) is 0. The van der Waals surface area contributed by atoms with Crippen LogP contribution in [-0.4, -0.2) is 39.2 Å². The van der Waals surface area contributed by atoms with Crippen molar-refractivity contribution in [1.29, 1.82) is 0 Å². The van der Waals surface area contributed by atoms with Crippen LogP contribution in [0.1, 0.15) is 27.2 Å². The van der Waals surface area contributed by atoms with Crippen LogP contribution in [0.4, 0.5) is 17.3 Å². The number of nitrogens with zero attached hydrogens (tertiary/aromatic N) is 3. The summed E-state index contributed by atoms with van der Waals surface area (Å²) in [4.78, 5) is 18.6. The van der Waals surface area contributed by atoms with Crippen LogP contribution in [0.15, 0.2) is 6.33 Å². The van der Waals surface area contributed by atoms with Gasteiger partial charge in [-0.2, -0.15) is 0 Å². The van der Waals surface area contributed by atoms with Gasteiger partial charge in [-0.25, -0.2) is 9.97 Å². The highest BCUT2D eigenvalue weighted by Gasteiger charge is 2.24. The van der Waals surface area contributed by atoms with Crippen LogP contribution in [-0.2, 0) is 0 Å². The van der Waals surface area contributed by atoms with Crippen molar-refractivity contribution in [2.24, 2.45) is 5.92 Å². The Morgan fingerprint density at radius 2 is 2.05 bits per heavy atom. The van der Waals surface area contributed by atoms with E-state index in [1.165, 1.54) is 6.33 Å². The van der Waals surface area contributed by atoms with Crippen LogP contribution in [0.3, 0.4) is 0 Å². The highest BCUT2D eigenvalue weighted by Crippen LogP contribution is 2.29. The van der Waals surface area contributed by atoms with Crippen molar-refractivity contribution in [2.45, 2.75) is 33.2 Å². The molecule has 8 heteroatoms. The first kappa shape index (κ1) is 16.1. The maximum atomic E-state index is 11.2. The Hall–Kier alpha value is -1.96. The van der Waals surface area contributed by atoms with E-state index in [0.717, 1.165) is 6.42 Å². The first-order valence-electron chi connectivity index (χ1n) is 6.61. The normalized spacial score (nSPS) is 13.6. The van der Waals surface area contributed by atoms with Crippen LogP contribution < -0.4 is 10.6 Å². The molecule has 0 amide bonds. The van der Waals surface area contributed by atoms with E-state index < -0.39 is 4.92 Å². The molecule has 0 fully saturated rings. The summed E-state index contributed by atoms with van der Waals surface area (Å²) < 4.78 is 0. The van der Waals surface area contributed by atoms with Gasteiger partial charge in [0.25, 0.3) is 0 Å². The molecule has 8 nitrogen and oxygen atoms in total. The molecule has 1 aromatic rings. The predicted octanol–water partition coefficient (Wildman–Crippen LogP) is 1.64. The quantitative estimate of drug-likeness (QED) is 0.491. The van der Waals surface area contributed by atoms with Gasteiger partial charge in [0.05, 0.1) is 4.92 Å². The number of aliphatic hydroxyl groups is 1. The lowest BCUT2D eigenvalue weighted by molar-refractivity contribution is -0.383. The molecule has 0 bridgehead atoms. The zero-order valence-electron chi connectivity index (χ0n) is 12.0. The third-order valence-corrected chi connectivity index (χ3v) is 3.05. The topological polar surface area (TPSA) is 113 Å². The Labute approximate surface area is 117 Å². The van der Waals surface area contributed by atoms with E-state index in [4.69, 9.17) is 5.11 Å². The third kappa shape index (κ3) is 4.02. The fraction of sp³-hybridized carbons (Fsp3) is 0.667. The molecule has 0 aliphatic heterocycles. The minimum atomic E-state index is -0.503. The average molecular weight is 283 g/mol. The van der Waals surface area contributed by atoms with Crippen molar-refractivity contribution in [3.63, 3.8) is 0 Å². The number of hydrogen-bond acceptors (Lipinski definition) is 7. The fourth-order valence-electron chi connectivity index (χ4n) is 1.55. The summed E-state index contributed by atoms with van der Waals surface area (Å²) in [5.74, 6) is 0.325. The molecule has 0 aliphatic carbocycles. The van der Waals surface area contributed by atoms with Crippen LogP contribution in [0.2, 0.25) is 0 Å². The fourth-order valence-corrected chi connectivity index (χ4v) is 1.55. The summed E-state index contributed by atoms with van der Waals surface area (Å²) >= 11 is 0. The molecule has 1 aromatic heterocycles. The zero-order valence-corrected chi connectivity index (χ0v) is 12.0. The van der Waals surface area contributed by atoms with E-state index in [1.807, 2.05) is 20.8 Å². The Kier molecular flexibility index (Phi) is 6.10. The second-order valence-corrected chi connectivity index (χ2v) is 4.70. The Morgan fingerprint density at radius 1 is 1.40 bits per heavy atom. The standard InChI is InChI=1S/C12H21N5O3/c1-4-5-13-11-10(17(19)20)12(15-7-14-11)16-9(3)8(2)6-18/h7-9,18H,4-6H2,1-3H3,(H2,13,14,15,16). The monoisotopic (exact) mass is 283 g/mol. The predicted molar refractivity (Wildman–Crippen MR) is 76.8 cm³/mol. The first-order chi connectivity index (χ1) is 9.51. The van der Waals surface area contributed by atoms with E-state index in [0.29, 0.717) is 6.54 Å². The maximum Gasteiger partial charge on any atom is 0.353 e. The molecule has 0 aromatic carbocycles. The summed E-state index contributed by atoms with van der Waals surface area (Å²) in [6.07, 6.45) is 2.12. The van der Waals surface area contributed by atoms with Gasteiger partial charge in [0.15, 0.2) is 0 Å². The number of anilines is 2. The van der Waals surface area contributed by atoms with Crippen LogP contribution in [0.5, 0.6) is 0 Å². The molecule has 20 heavy (non-hydrogen) atoms. The minimum Gasteiger partial charge on any atom is -0.396 e. The second kappa shape index (κ2) is 7.59. The van der Waals surface area contributed by atoms with Gasteiger partial charge in [-0.3, -0.25) is 10.1 Å². The van der Waals surface area contributed by atoms with Gasteiger partial charge < -0.3 is 15.7 Å². The smallest absolute Gasteiger partial charge is 0.353 e. The average Bonchev–Trinajstić information content (AvgIpc) is 2.43. The first-order valence-corrected chi connectivity index (χ1v) is 6.61. The summed E-state index contributed by atoms with van der Waals surface area (Å²) in [6, 6.07) is -0.146. The summed E-state index contributed by atoms with van der Waals surface area (Å²) in [6.45, 7) is 6.24. The van der Waals surface area contributed by atoms with E-state index in [9.17, 15) is 10.1 Å². The van der Waals surface area contributed by atoms with Crippen molar-refractivity contribution < 1.29 is 10.0 Å². The lowest BCUT2D eigenvalue weighted by Gasteiger charge is -2.20. The Morgan fingerprint density at radius 3 is 2.60 bits per heavy atom. The second-order valence-electron chi connectivity index (χ2n) is 4.70. The van der Waals surface area contributed by atoms with Crippen LogP contribution >= 0.6 is 0 Å². The molecule has 1 heterocycles. The third-order valence-electron chi connectivity index (χ3n) is 3.05. The van der Waals surface area contributed by atoms with Gasteiger partial charge in [-0.05, 0) is 19.3 Å². The van der Waals surface area contributed by atoms with Crippen molar-refractivity contribution in [3.05, 3.63) is 16.4 Å². The van der Waals surface area contributed by atoms with Crippen molar-refractivity contribution >= 4 is 17.3 Å². The summed E-state index contributed by atoms with van der Waals surface area (Å²) in [5.41, 5.74) is -0.169. The van der Waals surface area contributed by atoms with E-state index in [-0.39, 0.29) is 35.9 Å². The van der Waals surface area contributed by atoms with Crippen LogP contribution in [0.25, 0.3) is 0 Å². The van der Waals surface area contributed by atoms with Gasteiger partial charge in [0.2, 0.25) is 11.6 Å². The molecular weight excluding hydrogens is 262 g/mol. The molecule has 3 N–H and O–H groups in total. The zero-order chi connectivity index (χ0) is 15.1.